The minimum absolute atomic E-state index is 0.154. The van der Waals surface area contributed by atoms with Gasteiger partial charge in [-0.1, -0.05) is 86.3 Å². The van der Waals surface area contributed by atoms with Gasteiger partial charge in [-0.25, -0.2) is 0 Å². The molecular formula is C28H29NO3. The number of fused-ring (bicyclic) bond motifs is 1. The van der Waals surface area contributed by atoms with Gasteiger partial charge in [-0.2, -0.15) is 0 Å². The van der Waals surface area contributed by atoms with E-state index in [1.807, 2.05) is 36.4 Å². The van der Waals surface area contributed by atoms with Gasteiger partial charge in [0.2, 0.25) is 0 Å². The maximum Gasteiger partial charge on any atom is 0.261 e. The number of hydrogen-bond donors (Lipinski definition) is 0. The number of unbranched alkanes of at least 4 members (excludes halogenated alkanes) is 5. The van der Waals surface area contributed by atoms with Crippen LogP contribution in [0.5, 0.6) is 5.75 Å². The van der Waals surface area contributed by atoms with Crippen LogP contribution in [0.1, 0.15) is 59.2 Å². The predicted molar refractivity (Wildman–Crippen MR) is 127 cm³/mol. The van der Waals surface area contributed by atoms with Crippen LogP contribution in [0.15, 0.2) is 78.9 Å². The minimum atomic E-state index is -0.154. The molecule has 2 amide bonds. The molecule has 0 saturated heterocycles. The molecule has 0 N–H and O–H groups in total. The van der Waals surface area contributed by atoms with Crippen molar-refractivity contribution >= 4 is 11.8 Å². The average Bonchev–Trinajstić information content (AvgIpc) is 3.08. The van der Waals surface area contributed by atoms with E-state index in [-0.39, 0.29) is 11.8 Å². The number of carbonyl (C=O) groups is 2. The SMILES string of the molecule is O=C1c2ccccc2C(=O)N1CCCCCCCCOc1ccccc1-c1ccccc1. The van der Waals surface area contributed by atoms with Gasteiger partial charge in [0.25, 0.3) is 11.8 Å². The molecule has 1 aliphatic rings. The van der Waals surface area contributed by atoms with E-state index in [9.17, 15) is 9.59 Å². The maximum atomic E-state index is 12.4. The smallest absolute Gasteiger partial charge is 0.261 e. The van der Waals surface area contributed by atoms with Crippen LogP contribution >= 0.6 is 0 Å². The third-order valence-corrected chi connectivity index (χ3v) is 5.88. The number of hydrogen-bond acceptors (Lipinski definition) is 3. The quantitative estimate of drug-likeness (QED) is 0.264. The lowest BCUT2D eigenvalue weighted by molar-refractivity contribution is 0.0651. The van der Waals surface area contributed by atoms with E-state index in [0.29, 0.717) is 24.3 Å². The number of para-hydroxylation sites is 1. The second kappa shape index (κ2) is 10.8. The maximum absolute atomic E-state index is 12.4. The molecule has 0 spiro atoms. The van der Waals surface area contributed by atoms with Crippen LogP contribution in [-0.2, 0) is 0 Å². The molecule has 3 aromatic carbocycles. The summed E-state index contributed by atoms with van der Waals surface area (Å²) in [5.41, 5.74) is 3.36. The zero-order chi connectivity index (χ0) is 22.2. The van der Waals surface area contributed by atoms with Crippen molar-refractivity contribution in [3.8, 4) is 16.9 Å². The Morgan fingerprint density at radius 3 is 1.78 bits per heavy atom. The van der Waals surface area contributed by atoms with Gasteiger partial charge in [-0.05, 0) is 36.6 Å². The molecule has 1 heterocycles. The highest BCUT2D eigenvalue weighted by Gasteiger charge is 2.34. The van der Waals surface area contributed by atoms with Gasteiger partial charge < -0.3 is 4.74 Å². The zero-order valence-electron chi connectivity index (χ0n) is 18.3. The van der Waals surface area contributed by atoms with Crippen molar-refractivity contribution in [1.82, 2.24) is 4.90 Å². The van der Waals surface area contributed by atoms with Crippen LogP contribution in [0.25, 0.3) is 11.1 Å². The predicted octanol–water partition coefficient (Wildman–Crippen LogP) is 6.37. The van der Waals surface area contributed by atoms with Crippen LogP contribution in [-0.4, -0.2) is 29.9 Å². The van der Waals surface area contributed by atoms with E-state index in [1.54, 1.807) is 24.3 Å². The molecule has 0 saturated carbocycles. The number of imide groups is 1. The Morgan fingerprint density at radius 2 is 1.09 bits per heavy atom. The Kier molecular flexibility index (Phi) is 7.34. The van der Waals surface area contributed by atoms with Gasteiger partial charge in [0.1, 0.15) is 5.75 Å². The fourth-order valence-corrected chi connectivity index (χ4v) is 4.15. The van der Waals surface area contributed by atoms with Crippen LogP contribution in [0.2, 0.25) is 0 Å². The Labute approximate surface area is 189 Å². The van der Waals surface area contributed by atoms with Crippen LogP contribution < -0.4 is 4.74 Å². The molecule has 32 heavy (non-hydrogen) atoms. The molecule has 4 nitrogen and oxygen atoms in total. The first-order valence-corrected chi connectivity index (χ1v) is 11.5. The van der Waals surface area contributed by atoms with Crippen molar-refractivity contribution in [2.75, 3.05) is 13.2 Å². The van der Waals surface area contributed by atoms with E-state index in [1.165, 1.54) is 10.5 Å². The van der Waals surface area contributed by atoms with E-state index in [0.717, 1.165) is 49.8 Å². The lowest BCUT2D eigenvalue weighted by Gasteiger charge is -2.13. The molecule has 4 heteroatoms. The van der Waals surface area contributed by atoms with Crippen LogP contribution in [0.4, 0.5) is 0 Å². The molecule has 1 aliphatic heterocycles. The topological polar surface area (TPSA) is 46.6 Å². The molecule has 3 aromatic rings. The number of nitrogens with zero attached hydrogens (tertiary/aromatic N) is 1. The molecule has 0 atom stereocenters. The fourth-order valence-electron chi connectivity index (χ4n) is 4.15. The van der Waals surface area contributed by atoms with Crippen LogP contribution in [0, 0.1) is 0 Å². The van der Waals surface area contributed by atoms with Crippen molar-refractivity contribution < 1.29 is 14.3 Å². The van der Waals surface area contributed by atoms with E-state index < -0.39 is 0 Å². The van der Waals surface area contributed by atoms with Gasteiger partial charge in [0.15, 0.2) is 0 Å². The first-order valence-electron chi connectivity index (χ1n) is 11.5. The van der Waals surface area contributed by atoms with Crippen LogP contribution in [0.3, 0.4) is 0 Å². The largest absolute Gasteiger partial charge is 0.493 e. The summed E-state index contributed by atoms with van der Waals surface area (Å²) in [7, 11) is 0. The van der Waals surface area contributed by atoms with E-state index in [4.69, 9.17) is 4.74 Å². The number of amides is 2. The normalized spacial score (nSPS) is 12.8. The van der Waals surface area contributed by atoms with Crippen molar-refractivity contribution in [2.24, 2.45) is 0 Å². The second-order valence-corrected chi connectivity index (χ2v) is 8.14. The van der Waals surface area contributed by atoms with Crippen molar-refractivity contribution in [2.45, 2.75) is 38.5 Å². The Bertz CT molecular complexity index is 1030. The molecule has 0 fully saturated rings. The summed E-state index contributed by atoms with van der Waals surface area (Å²) in [6.45, 7) is 1.21. The molecule has 0 unspecified atom stereocenters. The lowest BCUT2D eigenvalue weighted by Crippen LogP contribution is -2.30. The Balaban J connectivity index is 1.11. The summed E-state index contributed by atoms with van der Waals surface area (Å²) < 4.78 is 6.06. The highest BCUT2D eigenvalue weighted by molar-refractivity contribution is 6.21. The van der Waals surface area contributed by atoms with Gasteiger partial charge in [0.05, 0.1) is 17.7 Å². The standard InChI is InChI=1S/C28H29NO3/c30-27-24-17-8-9-18-25(24)28(31)29(27)20-12-3-1-2-4-13-21-32-26-19-11-10-16-23(26)22-14-6-5-7-15-22/h5-11,14-19H,1-4,12-13,20-21H2. The van der Waals surface area contributed by atoms with E-state index in [2.05, 4.69) is 18.2 Å². The highest BCUT2D eigenvalue weighted by atomic mass is 16.5. The van der Waals surface area contributed by atoms with Crippen molar-refractivity contribution in [1.29, 1.82) is 0 Å². The lowest BCUT2D eigenvalue weighted by atomic mass is 10.0. The summed E-state index contributed by atoms with van der Waals surface area (Å²) in [6, 6.07) is 25.6. The Morgan fingerprint density at radius 1 is 0.562 bits per heavy atom. The summed E-state index contributed by atoms with van der Waals surface area (Å²) >= 11 is 0. The zero-order valence-corrected chi connectivity index (χ0v) is 18.3. The molecule has 4 rings (SSSR count). The summed E-state index contributed by atoms with van der Waals surface area (Å²) in [5, 5.41) is 0. The summed E-state index contributed by atoms with van der Waals surface area (Å²) in [6.07, 6.45) is 6.23. The molecule has 0 aliphatic carbocycles. The number of benzene rings is 3. The monoisotopic (exact) mass is 427 g/mol. The third kappa shape index (κ3) is 5.08. The van der Waals surface area contributed by atoms with Gasteiger partial charge >= 0.3 is 0 Å². The number of carbonyl (C=O) groups excluding carboxylic acids is 2. The fraction of sp³-hybridized carbons (Fsp3) is 0.286. The first kappa shape index (κ1) is 21.8. The number of ether oxygens (including phenoxy) is 1. The van der Waals surface area contributed by atoms with Gasteiger partial charge in [-0.15, -0.1) is 0 Å². The molecule has 0 aromatic heterocycles. The first-order chi connectivity index (χ1) is 15.8. The minimum Gasteiger partial charge on any atom is -0.493 e. The van der Waals surface area contributed by atoms with Crippen molar-refractivity contribution in [3.05, 3.63) is 90.0 Å². The molecular weight excluding hydrogens is 398 g/mol. The molecule has 0 radical (unpaired) electrons. The number of rotatable bonds is 11. The Hall–Kier alpha value is -3.40. The van der Waals surface area contributed by atoms with Gasteiger partial charge in [0, 0.05) is 12.1 Å². The summed E-state index contributed by atoms with van der Waals surface area (Å²) in [5.74, 6) is 0.622. The molecule has 164 valence electrons. The van der Waals surface area contributed by atoms with Gasteiger partial charge in [-0.3, -0.25) is 14.5 Å². The highest BCUT2D eigenvalue weighted by Crippen LogP contribution is 2.29. The molecule has 0 bridgehead atoms. The third-order valence-electron chi connectivity index (χ3n) is 5.88. The van der Waals surface area contributed by atoms with Crippen molar-refractivity contribution in [3.63, 3.8) is 0 Å². The van der Waals surface area contributed by atoms with E-state index >= 15 is 0 Å². The second-order valence-electron chi connectivity index (χ2n) is 8.14. The summed E-state index contributed by atoms with van der Waals surface area (Å²) in [4.78, 5) is 26.1. The average molecular weight is 428 g/mol.